The highest BCUT2D eigenvalue weighted by molar-refractivity contribution is 5.85. The molecule has 14 heavy (non-hydrogen) atoms. The minimum atomic E-state index is -0.842. The first kappa shape index (κ1) is 12.9. The number of halogens is 2. The lowest BCUT2D eigenvalue weighted by Gasteiger charge is -2.08. The number of rotatable bonds is 2. The maximum absolute atomic E-state index is 12.5. The van der Waals surface area contributed by atoms with Gasteiger partial charge in [0.15, 0.2) is 0 Å². The molecule has 0 aliphatic heterocycles. The van der Waals surface area contributed by atoms with Crippen LogP contribution in [0.5, 0.6) is 0 Å². The van der Waals surface area contributed by atoms with E-state index < -0.39 is 12.0 Å². The Morgan fingerprint density at radius 3 is 2.36 bits per heavy atom. The normalized spacial score (nSPS) is 11.4. The molecule has 0 radical (unpaired) electrons. The third-order valence-electron chi connectivity index (χ3n) is 1.68. The van der Waals surface area contributed by atoms with Gasteiger partial charge in [0.2, 0.25) is 0 Å². The molecule has 1 unspecified atom stereocenters. The van der Waals surface area contributed by atoms with Gasteiger partial charge in [0.05, 0.1) is 7.11 Å². The topological polar surface area (TPSA) is 52.3 Å². The van der Waals surface area contributed by atoms with Crippen molar-refractivity contribution in [2.24, 2.45) is 5.73 Å². The Labute approximate surface area is 87.5 Å². The molecule has 0 bridgehead atoms. The fraction of sp³-hybridized carbons (Fsp3) is 0.222. The second kappa shape index (κ2) is 5.57. The summed E-state index contributed by atoms with van der Waals surface area (Å²) in [6.07, 6.45) is 0. The SMILES string of the molecule is COC(=O)C(N)c1ccc(F)cc1.Cl. The molecular weight excluding hydrogens is 209 g/mol. The molecule has 0 aromatic heterocycles. The standard InChI is InChI=1S/C9H10FNO2.ClH/c1-13-9(12)8(11)6-2-4-7(10)5-3-6;/h2-5,8H,11H2,1H3;1H. The number of ether oxygens (including phenoxy) is 1. The van der Waals surface area contributed by atoms with Gasteiger partial charge in [-0.15, -0.1) is 12.4 Å². The predicted molar refractivity (Wildman–Crippen MR) is 52.6 cm³/mol. The van der Waals surface area contributed by atoms with Crippen molar-refractivity contribution >= 4 is 18.4 Å². The number of carbonyl (C=O) groups is 1. The van der Waals surface area contributed by atoms with E-state index in [1.165, 1.54) is 31.4 Å². The smallest absolute Gasteiger partial charge is 0.327 e. The van der Waals surface area contributed by atoms with Crippen LogP contribution in [0.2, 0.25) is 0 Å². The zero-order chi connectivity index (χ0) is 9.84. The number of esters is 1. The average molecular weight is 220 g/mol. The number of nitrogens with two attached hydrogens (primary N) is 1. The van der Waals surface area contributed by atoms with E-state index >= 15 is 0 Å². The van der Waals surface area contributed by atoms with Gasteiger partial charge in [0.25, 0.3) is 0 Å². The summed E-state index contributed by atoms with van der Waals surface area (Å²) in [5, 5.41) is 0. The molecule has 3 nitrogen and oxygen atoms in total. The number of methoxy groups -OCH3 is 1. The molecule has 1 aromatic carbocycles. The van der Waals surface area contributed by atoms with Gasteiger partial charge in [-0.25, -0.2) is 4.39 Å². The molecule has 1 atom stereocenters. The summed E-state index contributed by atoms with van der Waals surface area (Å²) in [5.41, 5.74) is 6.04. The Hall–Kier alpha value is -1.13. The van der Waals surface area contributed by atoms with Crippen LogP contribution in [0.3, 0.4) is 0 Å². The van der Waals surface area contributed by atoms with E-state index in [1.54, 1.807) is 0 Å². The van der Waals surface area contributed by atoms with Crippen LogP contribution in [-0.2, 0) is 9.53 Å². The molecule has 0 heterocycles. The third kappa shape index (κ3) is 2.97. The molecule has 0 fully saturated rings. The predicted octanol–water partition coefficient (Wildman–Crippen LogP) is 1.42. The molecule has 0 saturated heterocycles. The zero-order valence-corrected chi connectivity index (χ0v) is 8.38. The van der Waals surface area contributed by atoms with Crippen LogP contribution in [0.15, 0.2) is 24.3 Å². The Kier molecular flexibility index (Phi) is 5.12. The second-order valence-electron chi connectivity index (χ2n) is 2.55. The molecule has 2 N–H and O–H groups in total. The molecular formula is C9H11ClFNO2. The summed E-state index contributed by atoms with van der Waals surface area (Å²) in [6, 6.07) is 4.56. The van der Waals surface area contributed by atoms with Gasteiger partial charge >= 0.3 is 5.97 Å². The largest absolute Gasteiger partial charge is 0.468 e. The van der Waals surface area contributed by atoms with Crippen molar-refractivity contribution in [1.29, 1.82) is 0 Å². The van der Waals surface area contributed by atoms with Gasteiger partial charge in [-0.05, 0) is 17.7 Å². The monoisotopic (exact) mass is 219 g/mol. The van der Waals surface area contributed by atoms with E-state index in [2.05, 4.69) is 4.74 Å². The number of benzene rings is 1. The van der Waals surface area contributed by atoms with Crippen LogP contribution < -0.4 is 5.73 Å². The number of hydrogen-bond donors (Lipinski definition) is 1. The molecule has 1 aromatic rings. The molecule has 0 spiro atoms. The third-order valence-corrected chi connectivity index (χ3v) is 1.68. The van der Waals surface area contributed by atoms with Crippen LogP contribution in [0.25, 0.3) is 0 Å². The van der Waals surface area contributed by atoms with E-state index in [0.29, 0.717) is 5.56 Å². The summed E-state index contributed by atoms with van der Waals surface area (Å²) in [6.45, 7) is 0. The first-order valence-electron chi connectivity index (χ1n) is 3.74. The molecule has 5 heteroatoms. The minimum Gasteiger partial charge on any atom is -0.468 e. The van der Waals surface area contributed by atoms with Crippen molar-refractivity contribution in [3.05, 3.63) is 35.6 Å². The van der Waals surface area contributed by atoms with E-state index in [1.807, 2.05) is 0 Å². The Morgan fingerprint density at radius 1 is 1.43 bits per heavy atom. The summed E-state index contributed by atoms with van der Waals surface area (Å²) in [4.78, 5) is 11.0. The highest BCUT2D eigenvalue weighted by Crippen LogP contribution is 2.11. The summed E-state index contributed by atoms with van der Waals surface area (Å²) in [5.74, 6) is -0.896. The minimum absolute atomic E-state index is 0. The van der Waals surface area contributed by atoms with E-state index in [9.17, 15) is 9.18 Å². The zero-order valence-electron chi connectivity index (χ0n) is 7.57. The van der Waals surface area contributed by atoms with Gasteiger partial charge < -0.3 is 10.5 Å². The van der Waals surface area contributed by atoms with Gasteiger partial charge in [-0.3, -0.25) is 4.79 Å². The van der Waals surface area contributed by atoms with Crippen molar-refractivity contribution < 1.29 is 13.9 Å². The van der Waals surface area contributed by atoms with Crippen LogP contribution in [0.4, 0.5) is 4.39 Å². The van der Waals surface area contributed by atoms with Gasteiger partial charge in [-0.1, -0.05) is 12.1 Å². The molecule has 0 aliphatic rings. The average Bonchev–Trinajstić information content (AvgIpc) is 2.17. The Balaban J connectivity index is 0.00000169. The number of hydrogen-bond acceptors (Lipinski definition) is 3. The molecule has 0 amide bonds. The lowest BCUT2D eigenvalue weighted by atomic mass is 10.1. The van der Waals surface area contributed by atoms with E-state index in [-0.39, 0.29) is 18.2 Å². The first-order valence-corrected chi connectivity index (χ1v) is 3.74. The maximum Gasteiger partial charge on any atom is 0.327 e. The molecule has 78 valence electrons. The van der Waals surface area contributed by atoms with Crippen molar-refractivity contribution in [2.45, 2.75) is 6.04 Å². The van der Waals surface area contributed by atoms with Gasteiger partial charge in [0.1, 0.15) is 11.9 Å². The summed E-state index contributed by atoms with van der Waals surface area (Å²) < 4.78 is 16.9. The Morgan fingerprint density at radius 2 is 1.93 bits per heavy atom. The maximum atomic E-state index is 12.5. The van der Waals surface area contributed by atoms with Crippen LogP contribution in [0.1, 0.15) is 11.6 Å². The van der Waals surface area contributed by atoms with Crippen molar-refractivity contribution in [1.82, 2.24) is 0 Å². The van der Waals surface area contributed by atoms with E-state index in [4.69, 9.17) is 5.73 Å². The number of carbonyl (C=O) groups excluding carboxylic acids is 1. The van der Waals surface area contributed by atoms with Gasteiger partial charge in [0, 0.05) is 0 Å². The van der Waals surface area contributed by atoms with E-state index in [0.717, 1.165) is 0 Å². The first-order chi connectivity index (χ1) is 6.15. The second-order valence-corrected chi connectivity index (χ2v) is 2.55. The fourth-order valence-electron chi connectivity index (χ4n) is 0.933. The van der Waals surface area contributed by atoms with Crippen molar-refractivity contribution in [3.63, 3.8) is 0 Å². The lowest BCUT2D eigenvalue weighted by Crippen LogP contribution is -2.22. The fourth-order valence-corrected chi connectivity index (χ4v) is 0.933. The van der Waals surface area contributed by atoms with Crippen molar-refractivity contribution in [2.75, 3.05) is 7.11 Å². The van der Waals surface area contributed by atoms with Crippen LogP contribution in [0, 0.1) is 5.82 Å². The molecule has 1 rings (SSSR count). The lowest BCUT2D eigenvalue weighted by molar-refractivity contribution is -0.142. The summed E-state index contributed by atoms with van der Waals surface area (Å²) >= 11 is 0. The summed E-state index contributed by atoms with van der Waals surface area (Å²) in [7, 11) is 1.26. The molecule has 0 aliphatic carbocycles. The van der Waals surface area contributed by atoms with Crippen LogP contribution >= 0.6 is 12.4 Å². The van der Waals surface area contributed by atoms with Gasteiger partial charge in [-0.2, -0.15) is 0 Å². The quantitative estimate of drug-likeness (QED) is 0.766. The Bertz CT molecular complexity index is 302. The highest BCUT2D eigenvalue weighted by atomic mass is 35.5. The van der Waals surface area contributed by atoms with Crippen LogP contribution in [-0.4, -0.2) is 13.1 Å². The molecule has 0 saturated carbocycles. The van der Waals surface area contributed by atoms with Crippen molar-refractivity contribution in [3.8, 4) is 0 Å². The highest BCUT2D eigenvalue weighted by Gasteiger charge is 2.15.